The van der Waals surface area contributed by atoms with E-state index in [1.807, 2.05) is 0 Å². The standard InChI is InChI=1S/C12H18O/c13-12-10-8-6-4-2-1-3-5-7-9-11-12/h2,4-5,7H,1,3,6,8-11H2/b4-2-,7-5+. The van der Waals surface area contributed by atoms with Crippen LogP contribution in [0.2, 0.25) is 0 Å². The van der Waals surface area contributed by atoms with E-state index >= 15 is 0 Å². The Kier molecular flexibility index (Phi) is 5.23. The number of allylic oxidation sites excluding steroid dienone is 4. The van der Waals surface area contributed by atoms with Gasteiger partial charge in [-0.1, -0.05) is 24.3 Å². The summed E-state index contributed by atoms with van der Waals surface area (Å²) in [6, 6.07) is 0. The third-order valence-electron chi connectivity index (χ3n) is 2.25. The highest BCUT2D eigenvalue weighted by atomic mass is 16.1. The summed E-state index contributed by atoms with van der Waals surface area (Å²) in [5.74, 6) is 0.415. The lowest BCUT2D eigenvalue weighted by molar-refractivity contribution is -0.119. The van der Waals surface area contributed by atoms with Crippen molar-refractivity contribution in [1.82, 2.24) is 0 Å². The van der Waals surface area contributed by atoms with Gasteiger partial charge in [0, 0.05) is 12.8 Å². The van der Waals surface area contributed by atoms with Crippen molar-refractivity contribution in [3.05, 3.63) is 24.3 Å². The maximum absolute atomic E-state index is 11.2. The quantitative estimate of drug-likeness (QED) is 0.519. The number of rotatable bonds is 0. The van der Waals surface area contributed by atoms with Crippen LogP contribution < -0.4 is 0 Å². The van der Waals surface area contributed by atoms with E-state index in [0.29, 0.717) is 5.78 Å². The number of Topliss-reactive ketones (excluding diaryl/α,β-unsaturated/α-hetero) is 1. The fraction of sp³-hybridized carbons (Fsp3) is 0.583. The van der Waals surface area contributed by atoms with E-state index in [0.717, 1.165) is 44.9 Å². The van der Waals surface area contributed by atoms with E-state index in [-0.39, 0.29) is 0 Å². The van der Waals surface area contributed by atoms with Crippen molar-refractivity contribution >= 4 is 5.78 Å². The van der Waals surface area contributed by atoms with Crippen LogP contribution >= 0.6 is 0 Å². The van der Waals surface area contributed by atoms with Crippen LogP contribution in [-0.2, 0) is 4.79 Å². The Morgan fingerprint density at radius 1 is 0.769 bits per heavy atom. The predicted octanol–water partition coefficient (Wildman–Crippen LogP) is 3.41. The Bertz CT molecular complexity index is 201. The minimum atomic E-state index is 0.415. The molecule has 0 aromatic heterocycles. The third-order valence-corrected chi connectivity index (χ3v) is 2.25. The Labute approximate surface area is 80.5 Å². The zero-order valence-corrected chi connectivity index (χ0v) is 8.17. The highest BCUT2D eigenvalue weighted by Crippen LogP contribution is 2.06. The van der Waals surface area contributed by atoms with Crippen LogP contribution in [0.15, 0.2) is 24.3 Å². The SMILES string of the molecule is O=C1CC/C=C/CC/C=C\CCC1. The van der Waals surface area contributed by atoms with Crippen molar-refractivity contribution < 1.29 is 4.79 Å². The Balaban J connectivity index is 2.33. The number of carbonyl (C=O) groups excluding carboxylic acids is 1. The lowest BCUT2D eigenvalue weighted by atomic mass is 10.1. The summed E-state index contributed by atoms with van der Waals surface area (Å²) in [6.45, 7) is 0. The summed E-state index contributed by atoms with van der Waals surface area (Å²) < 4.78 is 0. The molecule has 13 heavy (non-hydrogen) atoms. The second-order valence-electron chi connectivity index (χ2n) is 3.49. The summed E-state index contributed by atoms with van der Waals surface area (Å²) >= 11 is 0. The molecule has 0 atom stereocenters. The average molecular weight is 178 g/mol. The van der Waals surface area contributed by atoms with Gasteiger partial charge < -0.3 is 0 Å². The smallest absolute Gasteiger partial charge is 0.133 e. The van der Waals surface area contributed by atoms with Gasteiger partial charge in [0.25, 0.3) is 0 Å². The van der Waals surface area contributed by atoms with Crippen LogP contribution in [0.25, 0.3) is 0 Å². The molecule has 0 radical (unpaired) electrons. The molecule has 0 fully saturated rings. The average Bonchev–Trinajstić information content (AvgIpc) is 2.11. The first-order chi connectivity index (χ1) is 6.39. The van der Waals surface area contributed by atoms with Crippen molar-refractivity contribution in [1.29, 1.82) is 0 Å². The van der Waals surface area contributed by atoms with E-state index in [2.05, 4.69) is 24.3 Å². The molecule has 1 nitrogen and oxygen atoms in total. The van der Waals surface area contributed by atoms with Crippen LogP contribution in [-0.4, -0.2) is 5.78 Å². The van der Waals surface area contributed by atoms with Gasteiger partial charge >= 0.3 is 0 Å². The lowest BCUT2D eigenvalue weighted by Gasteiger charge is -1.98. The summed E-state index contributed by atoms with van der Waals surface area (Å²) in [5, 5.41) is 0. The first kappa shape index (κ1) is 10.2. The lowest BCUT2D eigenvalue weighted by Crippen LogP contribution is -1.96. The van der Waals surface area contributed by atoms with Gasteiger partial charge in [-0.25, -0.2) is 0 Å². The van der Waals surface area contributed by atoms with Crippen molar-refractivity contribution in [2.24, 2.45) is 0 Å². The zero-order valence-electron chi connectivity index (χ0n) is 8.17. The molecule has 0 aromatic rings. The van der Waals surface area contributed by atoms with Gasteiger partial charge in [0.05, 0.1) is 0 Å². The predicted molar refractivity (Wildman–Crippen MR) is 55.6 cm³/mol. The molecule has 0 bridgehead atoms. The molecule has 0 heterocycles. The Morgan fingerprint density at radius 3 is 2.15 bits per heavy atom. The van der Waals surface area contributed by atoms with Crippen LogP contribution in [0.1, 0.15) is 44.9 Å². The van der Waals surface area contributed by atoms with E-state index in [1.54, 1.807) is 0 Å². The van der Waals surface area contributed by atoms with Gasteiger partial charge in [-0.15, -0.1) is 0 Å². The number of hydrogen-bond acceptors (Lipinski definition) is 1. The Hall–Kier alpha value is -0.850. The van der Waals surface area contributed by atoms with E-state index in [1.165, 1.54) is 0 Å². The molecular weight excluding hydrogens is 160 g/mol. The molecule has 0 spiro atoms. The maximum atomic E-state index is 11.2. The van der Waals surface area contributed by atoms with Crippen LogP contribution in [0, 0.1) is 0 Å². The molecule has 0 aromatic carbocycles. The van der Waals surface area contributed by atoms with Gasteiger partial charge in [0.2, 0.25) is 0 Å². The minimum Gasteiger partial charge on any atom is -0.300 e. The second kappa shape index (κ2) is 6.64. The fourth-order valence-corrected chi connectivity index (χ4v) is 1.45. The molecule has 1 heteroatoms. The topological polar surface area (TPSA) is 17.1 Å². The van der Waals surface area contributed by atoms with E-state index in [9.17, 15) is 4.79 Å². The van der Waals surface area contributed by atoms with Crippen molar-refractivity contribution in [2.45, 2.75) is 44.9 Å². The third kappa shape index (κ3) is 5.40. The monoisotopic (exact) mass is 178 g/mol. The summed E-state index contributed by atoms with van der Waals surface area (Å²) in [7, 11) is 0. The molecule has 1 aliphatic carbocycles. The molecule has 1 rings (SSSR count). The molecule has 1 aliphatic rings. The number of carbonyl (C=O) groups is 1. The Morgan fingerprint density at radius 2 is 1.38 bits per heavy atom. The van der Waals surface area contributed by atoms with Crippen LogP contribution in [0.5, 0.6) is 0 Å². The second-order valence-corrected chi connectivity index (χ2v) is 3.49. The number of hydrogen-bond donors (Lipinski definition) is 0. The fourth-order valence-electron chi connectivity index (χ4n) is 1.45. The highest BCUT2D eigenvalue weighted by Gasteiger charge is 1.99. The molecule has 0 saturated carbocycles. The van der Waals surface area contributed by atoms with E-state index in [4.69, 9.17) is 0 Å². The first-order valence-corrected chi connectivity index (χ1v) is 5.21. The molecule has 0 N–H and O–H groups in total. The van der Waals surface area contributed by atoms with Crippen molar-refractivity contribution in [3.63, 3.8) is 0 Å². The molecule has 0 aliphatic heterocycles. The van der Waals surface area contributed by atoms with Gasteiger partial charge in [0.1, 0.15) is 5.78 Å². The van der Waals surface area contributed by atoms with Crippen molar-refractivity contribution in [2.75, 3.05) is 0 Å². The molecule has 0 unspecified atom stereocenters. The van der Waals surface area contributed by atoms with Gasteiger partial charge in [-0.2, -0.15) is 0 Å². The summed E-state index contributed by atoms with van der Waals surface area (Å²) in [4.78, 5) is 11.2. The summed E-state index contributed by atoms with van der Waals surface area (Å²) in [5.41, 5.74) is 0. The largest absolute Gasteiger partial charge is 0.300 e. The summed E-state index contributed by atoms with van der Waals surface area (Å²) in [6.07, 6.45) is 15.5. The molecule has 0 amide bonds. The highest BCUT2D eigenvalue weighted by molar-refractivity contribution is 5.78. The maximum Gasteiger partial charge on any atom is 0.133 e. The normalized spacial score (nSPS) is 25.7. The van der Waals surface area contributed by atoms with Gasteiger partial charge in [0.15, 0.2) is 0 Å². The van der Waals surface area contributed by atoms with Gasteiger partial charge in [-0.3, -0.25) is 4.79 Å². The van der Waals surface area contributed by atoms with Gasteiger partial charge in [-0.05, 0) is 32.1 Å². The number of ketones is 1. The van der Waals surface area contributed by atoms with Crippen LogP contribution in [0.3, 0.4) is 0 Å². The minimum absolute atomic E-state index is 0.415. The van der Waals surface area contributed by atoms with E-state index < -0.39 is 0 Å². The first-order valence-electron chi connectivity index (χ1n) is 5.21. The molecule has 72 valence electrons. The van der Waals surface area contributed by atoms with Crippen molar-refractivity contribution in [3.8, 4) is 0 Å². The zero-order chi connectivity index (χ0) is 9.36. The van der Waals surface area contributed by atoms with Crippen LogP contribution in [0.4, 0.5) is 0 Å². The molecule has 0 saturated heterocycles. The molecular formula is C12H18O.